The van der Waals surface area contributed by atoms with E-state index in [0.717, 1.165) is 19.4 Å². The van der Waals surface area contributed by atoms with Gasteiger partial charge in [0, 0.05) is 12.7 Å². The molecule has 0 saturated heterocycles. The highest BCUT2D eigenvalue weighted by atomic mass is 16.1. The Bertz CT molecular complexity index is 404. The summed E-state index contributed by atoms with van der Waals surface area (Å²) in [6, 6.07) is 3.37. The number of carbonyl (C=O) groups excluding carboxylic acids is 1. The minimum absolute atomic E-state index is 0.103. The van der Waals surface area contributed by atoms with Crippen molar-refractivity contribution in [1.82, 2.24) is 4.98 Å². The molecule has 5 nitrogen and oxygen atoms in total. The first-order valence-corrected chi connectivity index (χ1v) is 6.15. The van der Waals surface area contributed by atoms with Gasteiger partial charge in [0.05, 0.1) is 5.56 Å². The number of nitrogens with one attached hydrogen (secondary N) is 1. The molecule has 0 saturated carbocycles. The highest BCUT2D eigenvalue weighted by Gasteiger charge is 2.18. The predicted molar refractivity (Wildman–Crippen MR) is 73.3 cm³/mol. The average molecular weight is 250 g/mol. The van der Waals surface area contributed by atoms with E-state index in [9.17, 15) is 4.79 Å². The van der Waals surface area contributed by atoms with Crippen molar-refractivity contribution >= 4 is 11.7 Å². The standard InChI is InChI=1S/C13H22N4O/c1-13(2,6-4-7-14)9-17-12-10(11(15)18)5-3-8-16-12/h3,5,8H,4,6-7,9,14H2,1-2H3,(H2,15,18)(H,16,17). The van der Waals surface area contributed by atoms with Crippen LogP contribution in [-0.4, -0.2) is 24.0 Å². The lowest BCUT2D eigenvalue weighted by Crippen LogP contribution is -2.26. The molecular formula is C13H22N4O. The highest BCUT2D eigenvalue weighted by Crippen LogP contribution is 2.23. The second-order valence-electron chi connectivity index (χ2n) is 5.17. The molecule has 0 unspecified atom stereocenters. The van der Waals surface area contributed by atoms with Gasteiger partial charge in [-0.15, -0.1) is 0 Å². The van der Waals surface area contributed by atoms with Gasteiger partial charge in [-0.3, -0.25) is 4.79 Å². The predicted octanol–water partition coefficient (Wildman–Crippen LogP) is 1.36. The lowest BCUT2D eigenvalue weighted by Gasteiger charge is -2.25. The number of pyridine rings is 1. The molecule has 0 fully saturated rings. The lowest BCUT2D eigenvalue weighted by molar-refractivity contribution is 0.100. The first kappa shape index (κ1) is 14.4. The molecule has 0 atom stereocenters. The second kappa shape index (κ2) is 6.35. The molecule has 0 aromatic carbocycles. The summed E-state index contributed by atoms with van der Waals surface area (Å²) in [5, 5.41) is 3.19. The molecule has 5 heteroatoms. The molecule has 1 heterocycles. The fourth-order valence-electron chi connectivity index (χ4n) is 1.74. The Hall–Kier alpha value is -1.62. The monoisotopic (exact) mass is 250 g/mol. The Morgan fingerprint density at radius 2 is 2.22 bits per heavy atom. The Balaban J connectivity index is 2.65. The SMILES string of the molecule is CC(C)(CCCN)CNc1ncccc1C(N)=O. The lowest BCUT2D eigenvalue weighted by atomic mass is 9.88. The topological polar surface area (TPSA) is 94.0 Å². The summed E-state index contributed by atoms with van der Waals surface area (Å²) in [6.45, 7) is 5.73. The van der Waals surface area contributed by atoms with Crippen LogP contribution in [0.3, 0.4) is 0 Å². The Kier molecular flexibility index (Phi) is 5.09. The first-order chi connectivity index (χ1) is 8.46. The number of hydrogen-bond acceptors (Lipinski definition) is 4. The molecule has 100 valence electrons. The number of anilines is 1. The van der Waals surface area contributed by atoms with E-state index in [1.165, 1.54) is 0 Å². The molecule has 18 heavy (non-hydrogen) atoms. The zero-order valence-electron chi connectivity index (χ0n) is 11.1. The molecule has 0 radical (unpaired) electrons. The van der Waals surface area contributed by atoms with Crippen molar-refractivity contribution in [3.63, 3.8) is 0 Å². The summed E-state index contributed by atoms with van der Waals surface area (Å²) in [7, 11) is 0. The van der Waals surface area contributed by atoms with Gasteiger partial charge in [-0.1, -0.05) is 13.8 Å². The molecule has 1 aromatic heterocycles. The van der Waals surface area contributed by atoms with E-state index >= 15 is 0 Å². The van der Waals surface area contributed by atoms with Crippen LogP contribution in [0.5, 0.6) is 0 Å². The van der Waals surface area contributed by atoms with Gasteiger partial charge >= 0.3 is 0 Å². The Morgan fingerprint density at radius 3 is 2.83 bits per heavy atom. The van der Waals surface area contributed by atoms with E-state index in [1.807, 2.05) is 0 Å². The number of carbonyl (C=O) groups is 1. The van der Waals surface area contributed by atoms with Gasteiger partial charge in [-0.2, -0.15) is 0 Å². The van der Waals surface area contributed by atoms with Gasteiger partial charge in [-0.05, 0) is 36.9 Å². The number of rotatable bonds is 7. The summed E-state index contributed by atoms with van der Waals surface area (Å²) in [5.41, 5.74) is 11.3. The number of primary amides is 1. The van der Waals surface area contributed by atoms with Gasteiger partial charge in [-0.25, -0.2) is 4.98 Å². The van der Waals surface area contributed by atoms with Crippen molar-refractivity contribution in [2.75, 3.05) is 18.4 Å². The van der Waals surface area contributed by atoms with Crippen molar-refractivity contribution in [3.8, 4) is 0 Å². The molecule has 0 aliphatic rings. The molecule has 0 aliphatic carbocycles. The van der Waals surface area contributed by atoms with Crippen LogP contribution in [0.25, 0.3) is 0 Å². The van der Waals surface area contributed by atoms with Crippen molar-refractivity contribution in [2.45, 2.75) is 26.7 Å². The minimum atomic E-state index is -0.467. The van der Waals surface area contributed by atoms with Gasteiger partial charge in [0.15, 0.2) is 0 Å². The van der Waals surface area contributed by atoms with Crippen LogP contribution < -0.4 is 16.8 Å². The number of amides is 1. The van der Waals surface area contributed by atoms with Gasteiger partial charge in [0.25, 0.3) is 5.91 Å². The normalized spacial score (nSPS) is 11.3. The highest BCUT2D eigenvalue weighted by molar-refractivity contribution is 5.97. The largest absolute Gasteiger partial charge is 0.369 e. The fourth-order valence-corrected chi connectivity index (χ4v) is 1.74. The quantitative estimate of drug-likeness (QED) is 0.681. The van der Waals surface area contributed by atoms with Crippen LogP contribution in [0.4, 0.5) is 5.82 Å². The van der Waals surface area contributed by atoms with Crippen LogP contribution in [0, 0.1) is 5.41 Å². The molecule has 5 N–H and O–H groups in total. The van der Waals surface area contributed by atoms with E-state index in [4.69, 9.17) is 11.5 Å². The van der Waals surface area contributed by atoms with E-state index in [1.54, 1.807) is 18.3 Å². The maximum Gasteiger partial charge on any atom is 0.252 e. The number of hydrogen-bond donors (Lipinski definition) is 3. The van der Waals surface area contributed by atoms with E-state index < -0.39 is 5.91 Å². The van der Waals surface area contributed by atoms with Gasteiger partial charge in [0.2, 0.25) is 0 Å². The zero-order valence-corrected chi connectivity index (χ0v) is 11.1. The number of nitrogens with two attached hydrogens (primary N) is 2. The molecule has 1 amide bonds. The molecular weight excluding hydrogens is 228 g/mol. The third-order valence-electron chi connectivity index (χ3n) is 2.87. The van der Waals surface area contributed by atoms with E-state index in [2.05, 4.69) is 24.1 Å². The average Bonchev–Trinajstić information content (AvgIpc) is 2.34. The van der Waals surface area contributed by atoms with Gasteiger partial charge in [0.1, 0.15) is 5.82 Å². The summed E-state index contributed by atoms with van der Waals surface area (Å²) >= 11 is 0. The summed E-state index contributed by atoms with van der Waals surface area (Å²) in [6.07, 6.45) is 3.65. The zero-order chi connectivity index (χ0) is 13.6. The summed E-state index contributed by atoms with van der Waals surface area (Å²) in [4.78, 5) is 15.4. The van der Waals surface area contributed by atoms with Crippen LogP contribution >= 0.6 is 0 Å². The molecule has 0 aliphatic heterocycles. The van der Waals surface area contributed by atoms with Crippen molar-refractivity contribution in [1.29, 1.82) is 0 Å². The summed E-state index contributed by atoms with van der Waals surface area (Å²) in [5.74, 6) is 0.0798. The van der Waals surface area contributed by atoms with E-state index in [0.29, 0.717) is 17.9 Å². The second-order valence-corrected chi connectivity index (χ2v) is 5.17. The Morgan fingerprint density at radius 1 is 1.50 bits per heavy atom. The van der Waals surface area contributed by atoms with Crippen molar-refractivity contribution in [2.24, 2.45) is 16.9 Å². The maximum atomic E-state index is 11.2. The third-order valence-corrected chi connectivity index (χ3v) is 2.87. The molecule has 0 spiro atoms. The maximum absolute atomic E-state index is 11.2. The number of aromatic nitrogens is 1. The van der Waals surface area contributed by atoms with Crippen molar-refractivity contribution in [3.05, 3.63) is 23.9 Å². The molecule has 0 bridgehead atoms. The first-order valence-electron chi connectivity index (χ1n) is 6.15. The molecule has 1 rings (SSSR count). The molecule has 1 aromatic rings. The van der Waals surface area contributed by atoms with Gasteiger partial charge < -0.3 is 16.8 Å². The fraction of sp³-hybridized carbons (Fsp3) is 0.538. The third kappa shape index (κ3) is 4.33. The Labute approximate surface area is 108 Å². The summed E-state index contributed by atoms with van der Waals surface area (Å²) < 4.78 is 0. The van der Waals surface area contributed by atoms with Crippen LogP contribution in [0.2, 0.25) is 0 Å². The van der Waals surface area contributed by atoms with Crippen molar-refractivity contribution < 1.29 is 4.79 Å². The smallest absolute Gasteiger partial charge is 0.252 e. The van der Waals surface area contributed by atoms with E-state index in [-0.39, 0.29) is 5.41 Å². The van der Waals surface area contributed by atoms with Crippen LogP contribution in [0.15, 0.2) is 18.3 Å². The number of nitrogens with zero attached hydrogens (tertiary/aromatic N) is 1. The van der Waals surface area contributed by atoms with Crippen LogP contribution in [0.1, 0.15) is 37.0 Å². The minimum Gasteiger partial charge on any atom is -0.369 e. The van der Waals surface area contributed by atoms with Crippen LogP contribution in [-0.2, 0) is 0 Å².